The molecule has 5 heteroatoms. The molecule has 1 fully saturated rings. The van der Waals surface area contributed by atoms with Crippen molar-refractivity contribution in [3.8, 4) is 0 Å². The highest BCUT2D eigenvalue weighted by Crippen LogP contribution is 2.34. The fraction of sp³-hybridized carbons (Fsp3) is 0.550. The number of ether oxygens (including phenoxy) is 1. The van der Waals surface area contributed by atoms with Crippen molar-refractivity contribution in [1.29, 1.82) is 0 Å². The number of rotatable bonds is 4. The molecular formula is C20H23F3O2. The van der Waals surface area contributed by atoms with Crippen molar-refractivity contribution in [2.45, 2.75) is 58.3 Å². The second kappa shape index (κ2) is 7.63. The SMILES string of the molecule is CCCC1CCC(C(=O)OC2=Cc3cc(F)c(F)c(F)c3CC2)CC1. The number of benzene rings is 1. The molecule has 0 unspecified atom stereocenters. The van der Waals surface area contributed by atoms with Crippen molar-refractivity contribution in [2.75, 3.05) is 0 Å². The third-order valence-electron chi connectivity index (χ3n) is 5.34. The molecule has 0 radical (unpaired) electrons. The minimum atomic E-state index is -1.45. The topological polar surface area (TPSA) is 26.3 Å². The standard InChI is InChI=1S/C20H23F3O2/c1-2-3-12-4-6-13(7-5-12)20(24)25-15-8-9-16-14(10-15)11-17(21)19(23)18(16)22/h10-13H,2-9H2,1H3. The van der Waals surface area contributed by atoms with Crippen LogP contribution in [0, 0.1) is 29.3 Å². The number of esters is 1. The van der Waals surface area contributed by atoms with Crippen LogP contribution in [0.3, 0.4) is 0 Å². The van der Waals surface area contributed by atoms with E-state index in [1.807, 2.05) is 0 Å². The first kappa shape index (κ1) is 18.0. The predicted octanol–water partition coefficient (Wildman–Crippen LogP) is 5.54. The van der Waals surface area contributed by atoms with Gasteiger partial charge in [-0.3, -0.25) is 4.79 Å². The van der Waals surface area contributed by atoms with Crippen LogP contribution in [-0.4, -0.2) is 5.97 Å². The third-order valence-corrected chi connectivity index (χ3v) is 5.34. The first-order valence-electron chi connectivity index (χ1n) is 9.08. The van der Waals surface area contributed by atoms with Crippen molar-refractivity contribution >= 4 is 12.0 Å². The van der Waals surface area contributed by atoms with Crippen LogP contribution in [0.15, 0.2) is 11.8 Å². The molecule has 0 bridgehead atoms. The van der Waals surface area contributed by atoms with Gasteiger partial charge in [0.15, 0.2) is 17.5 Å². The summed E-state index contributed by atoms with van der Waals surface area (Å²) in [6.45, 7) is 2.17. The van der Waals surface area contributed by atoms with Gasteiger partial charge in [-0.15, -0.1) is 0 Å². The van der Waals surface area contributed by atoms with Crippen LogP contribution in [0.5, 0.6) is 0 Å². The highest BCUT2D eigenvalue weighted by Gasteiger charge is 2.29. The highest BCUT2D eigenvalue weighted by molar-refractivity contribution is 5.75. The quantitative estimate of drug-likeness (QED) is 0.525. The Morgan fingerprint density at radius 1 is 1.12 bits per heavy atom. The molecular weight excluding hydrogens is 329 g/mol. The van der Waals surface area contributed by atoms with Crippen molar-refractivity contribution < 1.29 is 22.7 Å². The van der Waals surface area contributed by atoms with Gasteiger partial charge in [-0.1, -0.05) is 19.8 Å². The Kier molecular flexibility index (Phi) is 5.50. The van der Waals surface area contributed by atoms with E-state index in [0.29, 0.717) is 18.1 Å². The van der Waals surface area contributed by atoms with Gasteiger partial charge >= 0.3 is 5.97 Å². The smallest absolute Gasteiger partial charge is 0.314 e. The molecule has 0 N–H and O–H groups in total. The maximum absolute atomic E-state index is 13.8. The van der Waals surface area contributed by atoms with E-state index in [2.05, 4.69) is 6.92 Å². The zero-order chi connectivity index (χ0) is 18.0. The summed E-state index contributed by atoms with van der Waals surface area (Å²) >= 11 is 0. The minimum absolute atomic E-state index is 0.0999. The number of allylic oxidation sites excluding steroid dienone is 1. The maximum Gasteiger partial charge on any atom is 0.314 e. The lowest BCUT2D eigenvalue weighted by molar-refractivity contribution is -0.145. The largest absolute Gasteiger partial charge is 0.431 e. The van der Waals surface area contributed by atoms with Crippen LogP contribution in [0.25, 0.3) is 6.08 Å². The highest BCUT2D eigenvalue weighted by atomic mass is 19.2. The summed E-state index contributed by atoms with van der Waals surface area (Å²) in [7, 11) is 0. The fourth-order valence-electron chi connectivity index (χ4n) is 3.92. The molecule has 1 aromatic carbocycles. The summed E-state index contributed by atoms with van der Waals surface area (Å²) in [5.41, 5.74) is 0.385. The Morgan fingerprint density at radius 2 is 1.84 bits per heavy atom. The van der Waals surface area contributed by atoms with Crippen LogP contribution in [0.2, 0.25) is 0 Å². The molecule has 25 heavy (non-hydrogen) atoms. The minimum Gasteiger partial charge on any atom is -0.431 e. The number of fused-ring (bicyclic) bond motifs is 1. The maximum atomic E-state index is 13.8. The number of carbonyl (C=O) groups excluding carboxylic acids is 1. The van der Waals surface area contributed by atoms with E-state index < -0.39 is 17.5 Å². The van der Waals surface area contributed by atoms with Crippen molar-refractivity contribution in [2.24, 2.45) is 11.8 Å². The van der Waals surface area contributed by atoms with Gasteiger partial charge in [0.05, 0.1) is 5.92 Å². The average Bonchev–Trinajstić information content (AvgIpc) is 2.60. The number of hydrogen-bond donors (Lipinski definition) is 0. The van der Waals surface area contributed by atoms with E-state index in [1.54, 1.807) is 0 Å². The molecule has 0 amide bonds. The molecule has 0 atom stereocenters. The van der Waals surface area contributed by atoms with Gasteiger partial charge in [-0.05, 0) is 61.3 Å². The summed E-state index contributed by atoms with van der Waals surface area (Å²) in [4.78, 5) is 12.4. The van der Waals surface area contributed by atoms with E-state index in [1.165, 1.54) is 18.9 Å². The molecule has 3 rings (SSSR count). The fourth-order valence-corrected chi connectivity index (χ4v) is 3.92. The van der Waals surface area contributed by atoms with Crippen LogP contribution >= 0.6 is 0 Å². The van der Waals surface area contributed by atoms with E-state index in [4.69, 9.17) is 4.74 Å². The molecule has 2 aliphatic carbocycles. The van der Waals surface area contributed by atoms with Crippen LogP contribution in [-0.2, 0) is 16.0 Å². The van der Waals surface area contributed by atoms with E-state index in [9.17, 15) is 18.0 Å². The van der Waals surface area contributed by atoms with Crippen molar-refractivity contribution in [3.05, 3.63) is 40.4 Å². The van der Waals surface area contributed by atoms with Gasteiger partial charge in [-0.2, -0.15) is 0 Å². The summed E-state index contributed by atoms with van der Waals surface area (Å²) < 4.78 is 45.9. The normalized spacial score (nSPS) is 23.0. The number of halogens is 3. The first-order valence-corrected chi connectivity index (χ1v) is 9.08. The summed E-state index contributed by atoms with van der Waals surface area (Å²) in [6.07, 6.45) is 8.09. The van der Waals surface area contributed by atoms with E-state index in [0.717, 1.165) is 31.7 Å². The third kappa shape index (κ3) is 3.91. The van der Waals surface area contributed by atoms with Crippen molar-refractivity contribution in [1.82, 2.24) is 0 Å². The lowest BCUT2D eigenvalue weighted by atomic mass is 9.80. The second-order valence-corrected chi connectivity index (χ2v) is 7.09. The van der Waals surface area contributed by atoms with E-state index >= 15 is 0 Å². The van der Waals surface area contributed by atoms with Gasteiger partial charge in [0.2, 0.25) is 0 Å². The van der Waals surface area contributed by atoms with Crippen LogP contribution < -0.4 is 0 Å². The molecule has 136 valence electrons. The molecule has 0 aromatic heterocycles. The zero-order valence-electron chi connectivity index (χ0n) is 14.4. The molecule has 1 saturated carbocycles. The van der Waals surface area contributed by atoms with Gasteiger partial charge < -0.3 is 4.74 Å². The number of hydrogen-bond acceptors (Lipinski definition) is 2. The molecule has 0 heterocycles. The lowest BCUT2D eigenvalue weighted by Crippen LogP contribution is -2.24. The molecule has 1 aromatic rings. The van der Waals surface area contributed by atoms with Gasteiger partial charge in [-0.25, -0.2) is 13.2 Å². The molecule has 2 aliphatic rings. The van der Waals surface area contributed by atoms with Gasteiger partial charge in [0.25, 0.3) is 0 Å². The summed E-state index contributed by atoms with van der Waals surface area (Å²) in [5, 5.41) is 0. The van der Waals surface area contributed by atoms with Crippen LogP contribution in [0.4, 0.5) is 13.2 Å². The van der Waals surface area contributed by atoms with Crippen LogP contribution in [0.1, 0.15) is 63.0 Å². The van der Waals surface area contributed by atoms with Gasteiger partial charge in [0.1, 0.15) is 5.76 Å². The summed E-state index contributed by atoms with van der Waals surface area (Å²) in [5.74, 6) is -3.07. The van der Waals surface area contributed by atoms with Crippen molar-refractivity contribution in [3.63, 3.8) is 0 Å². The second-order valence-electron chi connectivity index (χ2n) is 7.09. The Labute approximate surface area is 146 Å². The van der Waals surface area contributed by atoms with Gasteiger partial charge in [0, 0.05) is 6.42 Å². The van der Waals surface area contributed by atoms with E-state index in [-0.39, 0.29) is 29.4 Å². The monoisotopic (exact) mass is 352 g/mol. The Balaban J connectivity index is 1.65. The summed E-state index contributed by atoms with van der Waals surface area (Å²) in [6, 6.07) is 0.955. The average molecular weight is 352 g/mol. The molecule has 0 saturated heterocycles. The molecule has 0 spiro atoms. The molecule has 0 aliphatic heterocycles. The first-order chi connectivity index (χ1) is 12.0. The molecule has 2 nitrogen and oxygen atoms in total. The number of carbonyl (C=O) groups is 1. The Morgan fingerprint density at radius 3 is 2.52 bits per heavy atom. The zero-order valence-corrected chi connectivity index (χ0v) is 14.4. The Hall–Kier alpha value is -1.78. The predicted molar refractivity (Wildman–Crippen MR) is 89.1 cm³/mol. The Bertz CT molecular complexity index is 689. The lowest BCUT2D eigenvalue weighted by Gasteiger charge is -2.27.